The van der Waals surface area contributed by atoms with Crippen molar-refractivity contribution in [2.75, 3.05) is 20.1 Å². The Balaban J connectivity index is 3.20. The lowest BCUT2D eigenvalue weighted by Gasteiger charge is -2.17. The predicted molar refractivity (Wildman–Crippen MR) is 77.2 cm³/mol. The molecule has 0 aliphatic rings. The fraction of sp³-hybridized carbons (Fsp3) is 0.357. The van der Waals surface area contributed by atoms with Crippen molar-refractivity contribution in [2.45, 2.75) is 18.2 Å². The second kappa shape index (κ2) is 7.06. The van der Waals surface area contributed by atoms with Crippen molar-refractivity contribution in [3.63, 3.8) is 0 Å². The first-order valence-corrected chi connectivity index (χ1v) is 7.50. The molecule has 1 aromatic rings. The van der Waals surface area contributed by atoms with Gasteiger partial charge < -0.3 is 5.73 Å². The zero-order valence-corrected chi connectivity index (χ0v) is 12.4. The largest absolute Gasteiger partial charge is 0.320 e. The molecule has 0 saturated heterocycles. The number of sulfonamides is 1. The molecule has 2 N–H and O–H groups in total. The van der Waals surface area contributed by atoms with Gasteiger partial charge in [-0.3, -0.25) is 0 Å². The summed E-state index contributed by atoms with van der Waals surface area (Å²) >= 11 is 0. The Kier molecular flexibility index (Phi) is 5.72. The van der Waals surface area contributed by atoms with Gasteiger partial charge in [0.05, 0.1) is 17.5 Å². The van der Waals surface area contributed by atoms with Crippen LogP contribution in [0, 0.1) is 30.1 Å². The van der Waals surface area contributed by atoms with Crippen molar-refractivity contribution in [1.82, 2.24) is 4.31 Å². The number of benzene rings is 1. The fourth-order valence-electron chi connectivity index (χ4n) is 1.60. The van der Waals surface area contributed by atoms with E-state index in [0.717, 1.165) is 0 Å². The highest BCUT2D eigenvalue weighted by Gasteiger charge is 2.22. The summed E-state index contributed by atoms with van der Waals surface area (Å²) in [5.41, 5.74) is 6.55. The van der Waals surface area contributed by atoms with Crippen molar-refractivity contribution in [3.05, 3.63) is 29.3 Å². The van der Waals surface area contributed by atoms with Gasteiger partial charge in [0, 0.05) is 25.6 Å². The minimum atomic E-state index is -3.61. The molecular formula is C14H17N3O2S. The number of nitrogens with zero attached hydrogens (tertiary/aromatic N) is 2. The second-order valence-corrected chi connectivity index (χ2v) is 6.23. The van der Waals surface area contributed by atoms with Crippen LogP contribution in [0.5, 0.6) is 0 Å². The molecular weight excluding hydrogens is 274 g/mol. The van der Waals surface area contributed by atoms with Crippen LogP contribution in [0.15, 0.2) is 23.1 Å². The van der Waals surface area contributed by atoms with Crippen LogP contribution in [0.2, 0.25) is 0 Å². The lowest BCUT2D eigenvalue weighted by atomic mass is 10.1. The summed E-state index contributed by atoms with van der Waals surface area (Å²) in [5.74, 6) is 5.51. The number of aryl methyl sites for hydroxylation is 1. The topological polar surface area (TPSA) is 87.2 Å². The van der Waals surface area contributed by atoms with Gasteiger partial charge in [-0.2, -0.15) is 9.57 Å². The molecule has 0 fully saturated rings. The normalized spacial score (nSPS) is 10.8. The van der Waals surface area contributed by atoms with Crippen molar-refractivity contribution < 1.29 is 8.42 Å². The van der Waals surface area contributed by atoms with Gasteiger partial charge in [0.25, 0.3) is 0 Å². The maximum absolute atomic E-state index is 12.4. The molecule has 0 heterocycles. The van der Waals surface area contributed by atoms with Gasteiger partial charge in [-0.15, -0.1) is 0 Å². The molecule has 6 heteroatoms. The van der Waals surface area contributed by atoms with Gasteiger partial charge >= 0.3 is 0 Å². The van der Waals surface area contributed by atoms with E-state index in [1.807, 2.05) is 6.07 Å². The van der Waals surface area contributed by atoms with Crippen LogP contribution in [0.4, 0.5) is 0 Å². The Morgan fingerprint density at radius 1 is 1.40 bits per heavy atom. The zero-order chi connectivity index (χ0) is 15.2. The van der Waals surface area contributed by atoms with Crippen LogP contribution in [0.3, 0.4) is 0 Å². The Morgan fingerprint density at radius 2 is 2.10 bits per heavy atom. The SMILES string of the molecule is Cc1ccc(C#CCN)cc1S(=O)(=O)N(C)CCC#N. The highest BCUT2D eigenvalue weighted by Crippen LogP contribution is 2.20. The maximum Gasteiger partial charge on any atom is 0.243 e. The minimum absolute atomic E-state index is 0.154. The van der Waals surface area contributed by atoms with Gasteiger partial charge in [0.2, 0.25) is 10.0 Å². The third-order valence-corrected chi connectivity index (χ3v) is 4.75. The van der Waals surface area contributed by atoms with E-state index in [4.69, 9.17) is 11.0 Å². The first kappa shape index (κ1) is 16.2. The molecule has 0 spiro atoms. The average Bonchev–Trinajstić information content (AvgIpc) is 2.43. The summed E-state index contributed by atoms with van der Waals surface area (Å²) in [5, 5.41) is 8.55. The molecule has 106 valence electrons. The van der Waals surface area contributed by atoms with E-state index < -0.39 is 10.0 Å². The summed E-state index contributed by atoms with van der Waals surface area (Å²) in [6, 6.07) is 6.94. The lowest BCUT2D eigenvalue weighted by Crippen LogP contribution is -2.28. The molecule has 1 rings (SSSR count). The summed E-state index contributed by atoms with van der Waals surface area (Å²) < 4.78 is 26.0. The van der Waals surface area contributed by atoms with E-state index in [1.165, 1.54) is 17.4 Å². The van der Waals surface area contributed by atoms with Gasteiger partial charge in [0.1, 0.15) is 0 Å². The molecule has 0 aliphatic heterocycles. The highest BCUT2D eigenvalue weighted by molar-refractivity contribution is 7.89. The summed E-state index contributed by atoms with van der Waals surface area (Å²) in [6.45, 7) is 2.11. The summed E-state index contributed by atoms with van der Waals surface area (Å²) in [6.07, 6.45) is 0.154. The van der Waals surface area contributed by atoms with E-state index in [-0.39, 0.29) is 24.4 Å². The number of hydrogen-bond acceptors (Lipinski definition) is 4. The van der Waals surface area contributed by atoms with Gasteiger partial charge in [-0.1, -0.05) is 17.9 Å². The Morgan fingerprint density at radius 3 is 2.70 bits per heavy atom. The van der Waals surface area contributed by atoms with Crippen molar-refractivity contribution in [2.24, 2.45) is 5.73 Å². The summed E-state index contributed by atoms with van der Waals surface area (Å²) in [4.78, 5) is 0.210. The van der Waals surface area contributed by atoms with Crippen molar-refractivity contribution in [3.8, 4) is 17.9 Å². The van der Waals surface area contributed by atoms with E-state index >= 15 is 0 Å². The fourth-order valence-corrected chi connectivity index (χ4v) is 3.02. The third-order valence-electron chi connectivity index (χ3n) is 2.75. The molecule has 1 aromatic carbocycles. The van der Waals surface area contributed by atoms with Crippen LogP contribution in [0.1, 0.15) is 17.5 Å². The van der Waals surface area contributed by atoms with Gasteiger partial charge in [-0.25, -0.2) is 8.42 Å². The highest BCUT2D eigenvalue weighted by atomic mass is 32.2. The number of nitriles is 1. The molecule has 0 saturated carbocycles. The molecule has 0 aromatic heterocycles. The number of rotatable bonds is 4. The van der Waals surface area contributed by atoms with E-state index in [9.17, 15) is 8.42 Å². The molecule has 0 unspecified atom stereocenters. The van der Waals surface area contributed by atoms with Crippen LogP contribution in [-0.4, -0.2) is 32.9 Å². The van der Waals surface area contributed by atoms with Crippen LogP contribution in [0.25, 0.3) is 0 Å². The number of hydrogen-bond donors (Lipinski definition) is 1. The quantitative estimate of drug-likeness (QED) is 0.833. The monoisotopic (exact) mass is 291 g/mol. The molecule has 0 radical (unpaired) electrons. The molecule has 0 bridgehead atoms. The smallest absolute Gasteiger partial charge is 0.243 e. The first-order valence-electron chi connectivity index (χ1n) is 6.06. The van der Waals surface area contributed by atoms with E-state index in [0.29, 0.717) is 11.1 Å². The average molecular weight is 291 g/mol. The molecule has 0 amide bonds. The van der Waals surface area contributed by atoms with E-state index in [2.05, 4.69) is 11.8 Å². The molecule has 5 nitrogen and oxygen atoms in total. The molecule has 20 heavy (non-hydrogen) atoms. The number of nitrogens with two attached hydrogens (primary N) is 1. The van der Waals surface area contributed by atoms with Crippen LogP contribution < -0.4 is 5.73 Å². The third kappa shape index (κ3) is 3.82. The zero-order valence-electron chi connectivity index (χ0n) is 11.5. The Hall–Kier alpha value is -1.86. The van der Waals surface area contributed by atoms with Crippen LogP contribution in [-0.2, 0) is 10.0 Å². The Bertz CT molecular complexity index is 679. The second-order valence-electron chi connectivity index (χ2n) is 4.22. The van der Waals surface area contributed by atoms with Crippen molar-refractivity contribution in [1.29, 1.82) is 5.26 Å². The van der Waals surface area contributed by atoms with Gasteiger partial charge in [0.15, 0.2) is 0 Å². The lowest BCUT2D eigenvalue weighted by molar-refractivity contribution is 0.476. The molecule has 0 atom stereocenters. The Labute approximate surface area is 120 Å². The molecule has 0 aliphatic carbocycles. The van der Waals surface area contributed by atoms with E-state index in [1.54, 1.807) is 19.1 Å². The standard InChI is InChI=1S/C14H17N3O2S/c1-12-6-7-13(5-3-8-15)11-14(12)20(18,19)17(2)10-4-9-16/h6-7,11H,4,8,10,15H2,1-2H3. The minimum Gasteiger partial charge on any atom is -0.320 e. The predicted octanol–water partition coefficient (Wildman–Crippen LogP) is 0.839. The van der Waals surface area contributed by atoms with Crippen molar-refractivity contribution >= 4 is 10.0 Å². The van der Waals surface area contributed by atoms with Crippen LogP contribution >= 0.6 is 0 Å². The van der Waals surface area contributed by atoms with Gasteiger partial charge in [-0.05, 0) is 24.6 Å². The first-order chi connectivity index (χ1) is 9.43. The maximum atomic E-state index is 12.4. The summed E-state index contributed by atoms with van der Waals surface area (Å²) in [7, 11) is -2.14.